The molecule has 0 amide bonds. The molecule has 2 aliphatic rings. The quantitative estimate of drug-likeness (QED) is 0.519. The Labute approximate surface area is 56.8 Å². The van der Waals surface area contributed by atoms with E-state index in [9.17, 15) is 0 Å². The van der Waals surface area contributed by atoms with Crippen LogP contribution in [0, 0.1) is 0 Å². The number of nitrogens with one attached hydrogen (secondary N) is 1. The minimum atomic E-state index is 0.545. The lowest BCUT2D eigenvalue weighted by Crippen LogP contribution is -2.43. The van der Waals surface area contributed by atoms with Crippen LogP contribution in [0.2, 0.25) is 0 Å². The maximum atomic E-state index is 3.67. The fourth-order valence-electron chi connectivity index (χ4n) is 2.28. The van der Waals surface area contributed by atoms with E-state index in [2.05, 4.69) is 12.2 Å². The van der Waals surface area contributed by atoms with Gasteiger partial charge in [-0.15, -0.1) is 0 Å². The third-order valence-corrected chi connectivity index (χ3v) is 2.88. The standard InChI is InChI=1S/C8H15N/c1-8-5-2-3-7(9-8)4-6-8/h7,9H,2-6H2,1H3. The molecule has 0 aromatic rings. The van der Waals surface area contributed by atoms with E-state index in [1.165, 1.54) is 32.1 Å². The molecular weight excluding hydrogens is 110 g/mol. The number of piperidine rings is 1. The number of fused-ring (bicyclic) bond motifs is 2. The van der Waals surface area contributed by atoms with Gasteiger partial charge in [0.05, 0.1) is 0 Å². The monoisotopic (exact) mass is 125 g/mol. The summed E-state index contributed by atoms with van der Waals surface area (Å²) in [5.74, 6) is 0. The summed E-state index contributed by atoms with van der Waals surface area (Å²) in [5, 5.41) is 3.67. The molecule has 0 aromatic heterocycles. The van der Waals surface area contributed by atoms with Gasteiger partial charge in [-0.25, -0.2) is 0 Å². The van der Waals surface area contributed by atoms with Crippen molar-refractivity contribution in [2.45, 2.75) is 50.6 Å². The van der Waals surface area contributed by atoms with Gasteiger partial charge in [-0.05, 0) is 32.6 Å². The van der Waals surface area contributed by atoms with E-state index in [4.69, 9.17) is 0 Å². The highest BCUT2D eigenvalue weighted by Gasteiger charge is 2.36. The van der Waals surface area contributed by atoms with E-state index in [0.29, 0.717) is 5.54 Å². The zero-order chi connectivity index (χ0) is 6.32. The normalized spacial score (nSPS) is 49.7. The summed E-state index contributed by atoms with van der Waals surface area (Å²) in [7, 11) is 0. The van der Waals surface area contributed by atoms with Crippen LogP contribution in [0.3, 0.4) is 0 Å². The van der Waals surface area contributed by atoms with Gasteiger partial charge in [0.2, 0.25) is 0 Å². The van der Waals surface area contributed by atoms with Crippen LogP contribution < -0.4 is 5.32 Å². The van der Waals surface area contributed by atoms with E-state index in [1.54, 1.807) is 0 Å². The largest absolute Gasteiger partial charge is 0.309 e. The van der Waals surface area contributed by atoms with Crippen LogP contribution in [0.4, 0.5) is 0 Å². The third-order valence-electron chi connectivity index (χ3n) is 2.88. The second-order valence-corrected chi connectivity index (χ2v) is 3.83. The number of rotatable bonds is 0. The van der Waals surface area contributed by atoms with Gasteiger partial charge in [0, 0.05) is 11.6 Å². The van der Waals surface area contributed by atoms with Crippen molar-refractivity contribution in [1.29, 1.82) is 0 Å². The van der Waals surface area contributed by atoms with Crippen LogP contribution in [0.25, 0.3) is 0 Å². The van der Waals surface area contributed by atoms with Crippen molar-refractivity contribution in [3.63, 3.8) is 0 Å². The zero-order valence-corrected chi connectivity index (χ0v) is 6.11. The van der Waals surface area contributed by atoms with Crippen LogP contribution in [0.1, 0.15) is 39.0 Å². The molecule has 0 radical (unpaired) electrons. The van der Waals surface area contributed by atoms with Crippen molar-refractivity contribution >= 4 is 0 Å². The van der Waals surface area contributed by atoms with Gasteiger partial charge >= 0.3 is 0 Å². The third kappa shape index (κ3) is 0.877. The fraction of sp³-hybridized carbons (Fsp3) is 1.00. The molecule has 2 atom stereocenters. The molecule has 0 aromatic carbocycles. The molecule has 9 heavy (non-hydrogen) atoms. The van der Waals surface area contributed by atoms with Gasteiger partial charge in [-0.3, -0.25) is 0 Å². The van der Waals surface area contributed by atoms with Crippen molar-refractivity contribution in [2.24, 2.45) is 0 Å². The maximum absolute atomic E-state index is 3.67. The highest BCUT2D eigenvalue weighted by molar-refractivity contribution is 4.97. The van der Waals surface area contributed by atoms with Gasteiger partial charge in [-0.1, -0.05) is 6.42 Å². The summed E-state index contributed by atoms with van der Waals surface area (Å²) < 4.78 is 0. The van der Waals surface area contributed by atoms with Crippen molar-refractivity contribution in [3.05, 3.63) is 0 Å². The summed E-state index contributed by atoms with van der Waals surface area (Å²) >= 11 is 0. The van der Waals surface area contributed by atoms with Gasteiger partial charge in [0.25, 0.3) is 0 Å². The van der Waals surface area contributed by atoms with Crippen molar-refractivity contribution in [3.8, 4) is 0 Å². The second kappa shape index (κ2) is 1.72. The summed E-state index contributed by atoms with van der Waals surface area (Å²) in [6.45, 7) is 2.37. The molecule has 1 heteroatoms. The minimum absolute atomic E-state index is 0.545. The maximum Gasteiger partial charge on any atom is 0.0156 e. The molecule has 2 bridgehead atoms. The number of hydrogen-bond acceptors (Lipinski definition) is 1. The SMILES string of the molecule is CC12CCCC(CC1)N2. The van der Waals surface area contributed by atoms with Crippen LogP contribution in [-0.2, 0) is 0 Å². The Morgan fingerprint density at radius 1 is 1.33 bits per heavy atom. The Hall–Kier alpha value is -0.0400. The van der Waals surface area contributed by atoms with E-state index < -0.39 is 0 Å². The Bertz CT molecular complexity index is 118. The average Bonchev–Trinajstić information content (AvgIpc) is 2.07. The van der Waals surface area contributed by atoms with Gasteiger partial charge < -0.3 is 5.32 Å². The minimum Gasteiger partial charge on any atom is -0.309 e. The zero-order valence-electron chi connectivity index (χ0n) is 6.11. The van der Waals surface area contributed by atoms with E-state index in [0.717, 1.165) is 6.04 Å². The molecule has 2 aliphatic heterocycles. The Morgan fingerprint density at radius 2 is 2.22 bits per heavy atom. The lowest BCUT2D eigenvalue weighted by Gasteiger charge is -2.30. The molecule has 0 aliphatic carbocycles. The molecule has 2 heterocycles. The first kappa shape index (κ1) is 5.72. The lowest BCUT2D eigenvalue weighted by atomic mass is 9.93. The molecule has 1 N–H and O–H groups in total. The van der Waals surface area contributed by atoms with E-state index >= 15 is 0 Å². The second-order valence-electron chi connectivity index (χ2n) is 3.83. The van der Waals surface area contributed by atoms with Crippen molar-refractivity contribution < 1.29 is 0 Å². The fourth-order valence-corrected chi connectivity index (χ4v) is 2.28. The molecular formula is C8H15N. The predicted molar refractivity (Wildman–Crippen MR) is 38.4 cm³/mol. The molecule has 0 spiro atoms. The first-order chi connectivity index (χ1) is 4.29. The van der Waals surface area contributed by atoms with E-state index in [-0.39, 0.29) is 0 Å². The van der Waals surface area contributed by atoms with Crippen molar-refractivity contribution in [1.82, 2.24) is 5.32 Å². The molecule has 1 nitrogen and oxygen atoms in total. The Kier molecular flexibility index (Phi) is 1.10. The first-order valence-electron chi connectivity index (χ1n) is 4.06. The summed E-state index contributed by atoms with van der Waals surface area (Å²) in [6, 6.07) is 0.878. The lowest BCUT2D eigenvalue weighted by molar-refractivity contribution is 0.300. The van der Waals surface area contributed by atoms with Crippen molar-refractivity contribution in [2.75, 3.05) is 0 Å². The van der Waals surface area contributed by atoms with E-state index in [1.807, 2.05) is 0 Å². The smallest absolute Gasteiger partial charge is 0.0156 e. The topological polar surface area (TPSA) is 12.0 Å². The van der Waals surface area contributed by atoms with Gasteiger partial charge in [-0.2, -0.15) is 0 Å². The molecule has 2 saturated heterocycles. The van der Waals surface area contributed by atoms with Gasteiger partial charge in [0.1, 0.15) is 0 Å². The van der Waals surface area contributed by atoms with Crippen LogP contribution in [0.5, 0.6) is 0 Å². The number of hydrogen-bond donors (Lipinski definition) is 1. The average molecular weight is 125 g/mol. The predicted octanol–water partition coefficient (Wildman–Crippen LogP) is 1.68. The van der Waals surface area contributed by atoms with Crippen LogP contribution in [-0.4, -0.2) is 11.6 Å². The molecule has 52 valence electrons. The molecule has 2 unspecified atom stereocenters. The first-order valence-corrected chi connectivity index (χ1v) is 4.06. The molecule has 2 fully saturated rings. The molecule has 2 rings (SSSR count). The molecule has 0 saturated carbocycles. The Morgan fingerprint density at radius 3 is 2.89 bits per heavy atom. The summed E-state index contributed by atoms with van der Waals surface area (Å²) in [6.07, 6.45) is 7.13. The summed E-state index contributed by atoms with van der Waals surface area (Å²) in [5.41, 5.74) is 0.545. The van der Waals surface area contributed by atoms with Crippen LogP contribution in [0.15, 0.2) is 0 Å². The van der Waals surface area contributed by atoms with Crippen LogP contribution >= 0.6 is 0 Å². The van der Waals surface area contributed by atoms with Gasteiger partial charge in [0.15, 0.2) is 0 Å². The Balaban J connectivity index is 2.13. The highest BCUT2D eigenvalue weighted by atomic mass is 15.0. The highest BCUT2D eigenvalue weighted by Crippen LogP contribution is 2.34. The summed E-state index contributed by atoms with van der Waals surface area (Å²) in [4.78, 5) is 0.